The van der Waals surface area contributed by atoms with Crippen LogP contribution in [0.25, 0.3) is 33.4 Å². The largest absolute Gasteiger partial charge is 0.464 e. The number of esters is 1. The summed E-state index contributed by atoms with van der Waals surface area (Å²) >= 11 is 1.44. The first-order valence-electron chi connectivity index (χ1n) is 23.1. The fraction of sp³-hybridized carbons (Fsp3) is 0.531. The third kappa shape index (κ3) is 9.56. The molecule has 3 aliphatic heterocycles. The summed E-state index contributed by atoms with van der Waals surface area (Å²) in [5, 5.41) is 12.5. The highest BCUT2D eigenvalue weighted by Gasteiger charge is 2.40. The molecule has 0 spiro atoms. The predicted molar refractivity (Wildman–Crippen MR) is 252 cm³/mol. The topological polar surface area (TPSA) is 160 Å². The van der Waals surface area contributed by atoms with E-state index in [2.05, 4.69) is 79.3 Å². The van der Waals surface area contributed by atoms with E-state index in [1.807, 2.05) is 50.9 Å². The average Bonchev–Trinajstić information content (AvgIpc) is 3.99. The summed E-state index contributed by atoms with van der Waals surface area (Å²) in [4.78, 5) is 70.0. The van der Waals surface area contributed by atoms with Gasteiger partial charge in [-0.1, -0.05) is 47.6 Å². The highest BCUT2D eigenvalue weighted by Crippen LogP contribution is 2.42. The molecule has 16 heteroatoms. The van der Waals surface area contributed by atoms with Gasteiger partial charge in [-0.15, -0.1) is 11.3 Å². The molecule has 1 aromatic carbocycles. The lowest BCUT2D eigenvalue weighted by Gasteiger charge is -2.43. The quantitative estimate of drug-likeness (QED) is 0.156. The molecule has 4 aromatic heterocycles. The second-order valence-electron chi connectivity index (χ2n) is 19.6. The Morgan fingerprint density at radius 3 is 2.62 bits per heavy atom. The predicted octanol–water partition coefficient (Wildman–Crippen LogP) is 6.60. The number of hydrogen-bond acceptors (Lipinski definition) is 10. The van der Waals surface area contributed by atoms with Crippen molar-refractivity contribution in [1.82, 2.24) is 49.9 Å². The monoisotopic (exact) mass is 904 g/mol. The number of carbonyl (C=O) groups excluding carboxylic acids is 4. The zero-order chi connectivity index (χ0) is 46.3. The molecule has 0 radical (unpaired) electrons. The molecule has 0 saturated carbocycles. The van der Waals surface area contributed by atoms with Crippen molar-refractivity contribution in [1.29, 1.82) is 0 Å². The van der Waals surface area contributed by atoms with E-state index >= 15 is 0 Å². The van der Waals surface area contributed by atoms with E-state index in [9.17, 15) is 19.2 Å². The highest BCUT2D eigenvalue weighted by atomic mass is 32.1. The lowest BCUT2D eigenvalue weighted by atomic mass is 9.84. The minimum atomic E-state index is -1.04. The molecule has 0 aliphatic carbocycles. The molecule has 5 aromatic rings. The van der Waals surface area contributed by atoms with Crippen molar-refractivity contribution in [3.8, 4) is 22.5 Å². The van der Waals surface area contributed by atoms with E-state index in [1.165, 1.54) is 21.2 Å². The van der Waals surface area contributed by atoms with E-state index in [0.29, 0.717) is 49.8 Å². The van der Waals surface area contributed by atoms with Gasteiger partial charge in [-0.2, -0.15) is 5.10 Å². The number of aromatic nitrogens is 5. The van der Waals surface area contributed by atoms with Gasteiger partial charge in [0.25, 0.3) is 5.91 Å². The number of benzene rings is 1. The molecule has 2 saturated heterocycles. The van der Waals surface area contributed by atoms with Crippen LogP contribution >= 0.6 is 11.3 Å². The van der Waals surface area contributed by atoms with Crippen LogP contribution in [-0.4, -0.2) is 114 Å². The molecule has 2 fully saturated rings. The number of cyclic esters (lactones) is 1. The number of hydrazine groups is 1. The van der Waals surface area contributed by atoms with E-state index in [0.717, 1.165) is 63.2 Å². The lowest BCUT2D eigenvalue weighted by Crippen LogP contribution is -2.63. The van der Waals surface area contributed by atoms with Crippen LogP contribution in [0.4, 0.5) is 4.79 Å². The van der Waals surface area contributed by atoms with Crippen LogP contribution in [0.5, 0.6) is 0 Å². The van der Waals surface area contributed by atoms with Crippen molar-refractivity contribution in [3.05, 3.63) is 76.1 Å². The van der Waals surface area contributed by atoms with E-state index in [-0.39, 0.29) is 36.8 Å². The van der Waals surface area contributed by atoms with Crippen molar-refractivity contribution in [3.63, 3.8) is 0 Å². The average molecular weight is 905 g/mol. The Bertz CT molecular complexity index is 2570. The first kappa shape index (κ1) is 45.9. The van der Waals surface area contributed by atoms with Gasteiger partial charge in [0.1, 0.15) is 18.1 Å². The van der Waals surface area contributed by atoms with Crippen LogP contribution < -0.4 is 10.7 Å². The molecule has 346 valence electrons. The van der Waals surface area contributed by atoms with Crippen LogP contribution in [0.15, 0.2) is 54.3 Å². The molecule has 4 amide bonds. The number of nitrogens with one attached hydrogen (secondary N) is 2. The minimum Gasteiger partial charge on any atom is -0.464 e. The maximum absolute atomic E-state index is 14.6. The lowest BCUT2D eigenvalue weighted by molar-refractivity contribution is -0.155. The summed E-state index contributed by atoms with van der Waals surface area (Å²) in [6, 6.07) is 7.76. The SMILES string of the molecule is CCn1c(-c2cccnc2C(C)C)c2c3cc(ccc31)-c1csc(n1)C[C@H](NC(=O)[C@H](C(C)C)N(C)C(=O)N1CC(Cc3cnn(C)c3)C1)C(=O)N1CCC[C@H](N1)C(=O)OCC(C)(C)C2. The number of aryl methyl sites for hydroxylation is 2. The van der Waals surface area contributed by atoms with Crippen molar-refractivity contribution in [2.45, 2.75) is 111 Å². The smallest absolute Gasteiger partial charge is 0.324 e. The van der Waals surface area contributed by atoms with Crippen LogP contribution in [0.1, 0.15) is 89.1 Å². The van der Waals surface area contributed by atoms with Gasteiger partial charge >= 0.3 is 12.0 Å². The van der Waals surface area contributed by atoms with Gasteiger partial charge in [-0.3, -0.25) is 29.1 Å². The molecule has 0 unspecified atom stereocenters. The van der Waals surface area contributed by atoms with E-state index in [4.69, 9.17) is 14.7 Å². The Morgan fingerprint density at radius 2 is 1.91 bits per heavy atom. The van der Waals surface area contributed by atoms with Gasteiger partial charge in [0.15, 0.2) is 0 Å². The zero-order valence-corrected chi connectivity index (χ0v) is 40.1. The fourth-order valence-corrected chi connectivity index (χ4v) is 10.7. The Hall–Kier alpha value is -5.61. The first-order valence-corrected chi connectivity index (χ1v) is 24.0. The standard InChI is InChI=1S/C49H64N10O5S/c1-10-58-40-16-15-33-20-35(40)36(44(58)34-13-11-17-50-42(34)29(2)3)22-49(6,7)28-64-47(62)37-14-12-18-59(54-37)46(61)38(21-41-52-39(33)27-65-41)53-45(60)43(30(4)5)56(9)48(63)57-25-32(26-57)19-31-23-51-55(8)24-31/h11,13,15-17,20,23-24,27,29-30,32,37-38,43,54H,10,12,14,18-19,21-22,25-26,28H2,1-9H3,(H,53,60)/t37-,38-,43-/m0/s1. The normalized spacial score (nSPS) is 19.9. The fourth-order valence-electron chi connectivity index (χ4n) is 9.88. The van der Waals surface area contributed by atoms with Gasteiger partial charge in [0.2, 0.25) is 5.91 Å². The molecule has 7 heterocycles. The van der Waals surface area contributed by atoms with Gasteiger partial charge in [-0.05, 0) is 85.8 Å². The summed E-state index contributed by atoms with van der Waals surface area (Å²) in [7, 11) is 3.54. The number of likely N-dealkylation sites (tertiary alicyclic amines) is 1. The summed E-state index contributed by atoms with van der Waals surface area (Å²) < 4.78 is 10.3. The molecule has 8 rings (SSSR count). The molecular weight excluding hydrogens is 841 g/mol. The van der Waals surface area contributed by atoms with Gasteiger partial charge in [-0.25, -0.2) is 15.2 Å². The van der Waals surface area contributed by atoms with Crippen LogP contribution in [-0.2, 0) is 52.0 Å². The number of likely N-dealkylation sites (N-methyl/N-ethyl adjacent to an activating group) is 1. The number of amides is 4. The van der Waals surface area contributed by atoms with Crippen molar-refractivity contribution >= 4 is 46.1 Å². The molecule has 3 aliphatic rings. The Morgan fingerprint density at radius 1 is 1.12 bits per heavy atom. The Labute approximate surface area is 385 Å². The number of pyridine rings is 1. The van der Waals surface area contributed by atoms with Crippen molar-refractivity contribution in [2.24, 2.45) is 24.3 Å². The summed E-state index contributed by atoms with van der Waals surface area (Å²) in [5.74, 6) is -0.996. The second kappa shape index (κ2) is 18.7. The minimum absolute atomic E-state index is 0.115. The van der Waals surface area contributed by atoms with Gasteiger partial charge in [0.05, 0.1) is 34.9 Å². The summed E-state index contributed by atoms with van der Waals surface area (Å²) in [6.45, 7) is 17.0. The highest BCUT2D eigenvalue weighted by molar-refractivity contribution is 7.10. The number of nitrogens with zero attached hydrogens (tertiary/aromatic N) is 8. The van der Waals surface area contributed by atoms with Gasteiger partial charge in [0, 0.05) is 91.9 Å². The number of hydrogen-bond donors (Lipinski definition) is 2. The molecule has 2 N–H and O–H groups in total. The number of fused-ring (bicyclic) bond motifs is 6. The van der Waals surface area contributed by atoms with Gasteiger partial charge < -0.3 is 24.4 Å². The van der Waals surface area contributed by atoms with Crippen LogP contribution in [0.2, 0.25) is 0 Å². The summed E-state index contributed by atoms with van der Waals surface area (Å²) in [6.07, 6.45) is 8.33. The third-order valence-corrected chi connectivity index (χ3v) is 14.0. The number of carbonyl (C=O) groups is 4. The molecule has 65 heavy (non-hydrogen) atoms. The molecule has 15 nitrogen and oxygen atoms in total. The Kier molecular flexibility index (Phi) is 13.2. The summed E-state index contributed by atoms with van der Waals surface area (Å²) in [5.41, 5.74) is 11.0. The first-order chi connectivity index (χ1) is 31.0. The van der Waals surface area contributed by atoms with Crippen LogP contribution in [0.3, 0.4) is 0 Å². The second-order valence-corrected chi connectivity index (χ2v) is 20.6. The van der Waals surface area contributed by atoms with Crippen molar-refractivity contribution < 1.29 is 23.9 Å². The molecular formula is C49H64N10O5S. The van der Waals surface area contributed by atoms with E-state index < -0.39 is 35.4 Å². The molecule has 3 atom stereocenters. The number of ether oxygens (including phenoxy) is 1. The van der Waals surface area contributed by atoms with Crippen molar-refractivity contribution in [2.75, 3.05) is 33.3 Å². The number of rotatable bonds is 9. The Balaban J connectivity index is 1.12. The van der Waals surface area contributed by atoms with E-state index in [1.54, 1.807) is 16.6 Å². The zero-order valence-electron chi connectivity index (χ0n) is 39.3. The maximum atomic E-state index is 14.6. The third-order valence-electron chi connectivity index (χ3n) is 13.1. The maximum Gasteiger partial charge on any atom is 0.324 e. The van der Waals surface area contributed by atoms with Crippen LogP contribution in [0, 0.1) is 17.3 Å². The number of urea groups is 1. The molecule has 6 bridgehead atoms. The number of thiazole rings is 1.